The summed E-state index contributed by atoms with van der Waals surface area (Å²) in [6, 6.07) is 15.9. The van der Waals surface area contributed by atoms with Gasteiger partial charge in [-0.2, -0.15) is 0 Å². The van der Waals surface area contributed by atoms with E-state index in [0.717, 1.165) is 16.0 Å². The Morgan fingerprint density at radius 1 is 0.875 bits per heavy atom. The summed E-state index contributed by atoms with van der Waals surface area (Å²) in [5.41, 5.74) is 0. The lowest BCUT2D eigenvalue weighted by Gasteiger charge is -2.06. The number of rotatable bonds is 3. The molecule has 2 aromatic rings. The van der Waals surface area contributed by atoms with Crippen LogP contribution < -0.4 is 4.74 Å². The Labute approximate surface area is 108 Å². The quantitative estimate of drug-likeness (QED) is 0.740. The average molecular weight is 295 g/mol. The summed E-state index contributed by atoms with van der Waals surface area (Å²) in [5, 5.41) is 0. The van der Waals surface area contributed by atoms with Crippen molar-refractivity contribution in [3.63, 3.8) is 0 Å². The van der Waals surface area contributed by atoms with Gasteiger partial charge in [0.2, 0.25) is 0 Å². The van der Waals surface area contributed by atoms with Crippen molar-refractivity contribution in [3.05, 3.63) is 53.0 Å². The second-order valence-electron chi connectivity index (χ2n) is 3.23. The Bertz CT molecular complexity index is 450. The molecule has 0 aliphatic carbocycles. The lowest BCUT2D eigenvalue weighted by Crippen LogP contribution is -1.83. The molecule has 16 heavy (non-hydrogen) atoms. The van der Waals surface area contributed by atoms with Crippen molar-refractivity contribution in [3.8, 4) is 11.5 Å². The fourth-order valence-electron chi connectivity index (χ4n) is 1.28. The Balaban J connectivity index is 2.11. The van der Waals surface area contributed by atoms with Gasteiger partial charge in [0.1, 0.15) is 11.5 Å². The molecule has 2 rings (SSSR count). The van der Waals surface area contributed by atoms with Gasteiger partial charge in [0.15, 0.2) is 0 Å². The van der Waals surface area contributed by atoms with E-state index < -0.39 is 0 Å². The Hall–Kier alpha value is -0.930. The van der Waals surface area contributed by atoms with E-state index in [9.17, 15) is 0 Å². The zero-order valence-corrected chi connectivity index (χ0v) is 11.2. The van der Waals surface area contributed by atoms with E-state index in [1.807, 2.05) is 36.4 Å². The SMILES string of the molecule is CSc1ccc(Oc2ccc(Br)cc2)cc1. The lowest BCUT2D eigenvalue weighted by atomic mass is 10.3. The van der Waals surface area contributed by atoms with E-state index in [-0.39, 0.29) is 0 Å². The summed E-state index contributed by atoms with van der Waals surface area (Å²) in [4.78, 5) is 1.24. The topological polar surface area (TPSA) is 9.23 Å². The monoisotopic (exact) mass is 294 g/mol. The second kappa shape index (κ2) is 5.41. The normalized spacial score (nSPS) is 10.1. The molecule has 0 aromatic heterocycles. The van der Waals surface area contributed by atoms with Gasteiger partial charge in [-0.05, 0) is 54.8 Å². The highest BCUT2D eigenvalue weighted by atomic mass is 79.9. The van der Waals surface area contributed by atoms with Crippen molar-refractivity contribution < 1.29 is 4.74 Å². The van der Waals surface area contributed by atoms with E-state index in [2.05, 4.69) is 34.3 Å². The zero-order chi connectivity index (χ0) is 11.4. The van der Waals surface area contributed by atoms with Gasteiger partial charge in [-0.15, -0.1) is 11.8 Å². The summed E-state index contributed by atoms with van der Waals surface area (Å²) in [5.74, 6) is 1.71. The molecule has 0 saturated carbocycles. The van der Waals surface area contributed by atoms with Crippen molar-refractivity contribution in [2.75, 3.05) is 6.26 Å². The zero-order valence-electron chi connectivity index (χ0n) is 8.81. The van der Waals surface area contributed by atoms with Crippen molar-refractivity contribution in [1.82, 2.24) is 0 Å². The van der Waals surface area contributed by atoms with E-state index >= 15 is 0 Å². The van der Waals surface area contributed by atoms with Crippen LogP contribution in [0.1, 0.15) is 0 Å². The number of benzene rings is 2. The molecule has 0 atom stereocenters. The minimum atomic E-state index is 0.847. The third-order valence-corrected chi connectivity index (χ3v) is 3.38. The van der Waals surface area contributed by atoms with Crippen LogP contribution in [0.15, 0.2) is 57.9 Å². The maximum atomic E-state index is 5.70. The van der Waals surface area contributed by atoms with Gasteiger partial charge in [-0.3, -0.25) is 0 Å². The fraction of sp³-hybridized carbons (Fsp3) is 0.0769. The molecule has 0 amide bonds. The van der Waals surface area contributed by atoms with Crippen molar-refractivity contribution in [2.45, 2.75) is 4.90 Å². The molecule has 1 nitrogen and oxygen atoms in total. The van der Waals surface area contributed by atoms with E-state index in [0.29, 0.717) is 0 Å². The van der Waals surface area contributed by atoms with Gasteiger partial charge in [0.05, 0.1) is 0 Å². The van der Waals surface area contributed by atoms with Crippen molar-refractivity contribution in [2.24, 2.45) is 0 Å². The molecule has 3 heteroatoms. The van der Waals surface area contributed by atoms with Gasteiger partial charge in [-0.1, -0.05) is 15.9 Å². The molecule has 0 saturated heterocycles. The first-order valence-electron chi connectivity index (χ1n) is 4.85. The molecule has 0 unspecified atom stereocenters. The van der Waals surface area contributed by atoms with Crippen LogP contribution in [0.2, 0.25) is 0 Å². The number of ether oxygens (including phenoxy) is 1. The number of hydrogen-bond acceptors (Lipinski definition) is 2. The Kier molecular flexibility index (Phi) is 3.91. The van der Waals surface area contributed by atoms with Crippen LogP contribution in [-0.4, -0.2) is 6.26 Å². The first-order chi connectivity index (χ1) is 7.78. The molecule has 0 aliphatic rings. The smallest absolute Gasteiger partial charge is 0.127 e. The largest absolute Gasteiger partial charge is 0.457 e. The highest BCUT2D eigenvalue weighted by molar-refractivity contribution is 9.10. The molecule has 0 N–H and O–H groups in total. The van der Waals surface area contributed by atoms with Gasteiger partial charge in [0.25, 0.3) is 0 Å². The minimum absolute atomic E-state index is 0.847. The van der Waals surface area contributed by atoms with Crippen molar-refractivity contribution in [1.29, 1.82) is 0 Å². The molecule has 0 bridgehead atoms. The van der Waals surface area contributed by atoms with Gasteiger partial charge in [0, 0.05) is 9.37 Å². The highest BCUT2D eigenvalue weighted by Crippen LogP contribution is 2.25. The van der Waals surface area contributed by atoms with Gasteiger partial charge in [-0.25, -0.2) is 0 Å². The summed E-state index contributed by atoms with van der Waals surface area (Å²) < 4.78 is 6.76. The molecule has 0 heterocycles. The summed E-state index contributed by atoms with van der Waals surface area (Å²) in [6.07, 6.45) is 2.06. The number of halogens is 1. The maximum Gasteiger partial charge on any atom is 0.127 e. The molecular weight excluding hydrogens is 284 g/mol. The van der Waals surface area contributed by atoms with Crippen LogP contribution in [0.3, 0.4) is 0 Å². The number of hydrogen-bond donors (Lipinski definition) is 0. The van der Waals surface area contributed by atoms with Crippen LogP contribution >= 0.6 is 27.7 Å². The molecular formula is C13H11BrOS. The molecule has 0 spiro atoms. The standard InChI is InChI=1S/C13H11BrOS/c1-16-13-8-6-12(7-9-13)15-11-4-2-10(14)3-5-11/h2-9H,1H3. The summed E-state index contributed by atoms with van der Waals surface area (Å²) in [7, 11) is 0. The Morgan fingerprint density at radius 3 is 1.88 bits per heavy atom. The summed E-state index contributed by atoms with van der Waals surface area (Å²) in [6.45, 7) is 0. The van der Waals surface area contributed by atoms with E-state index in [1.54, 1.807) is 11.8 Å². The third kappa shape index (κ3) is 3.03. The van der Waals surface area contributed by atoms with Crippen LogP contribution in [-0.2, 0) is 0 Å². The fourth-order valence-corrected chi connectivity index (χ4v) is 1.96. The lowest BCUT2D eigenvalue weighted by molar-refractivity contribution is 0.482. The van der Waals surface area contributed by atoms with E-state index in [4.69, 9.17) is 4.74 Å². The van der Waals surface area contributed by atoms with Crippen molar-refractivity contribution >= 4 is 27.7 Å². The van der Waals surface area contributed by atoms with Crippen LogP contribution in [0, 0.1) is 0 Å². The maximum absolute atomic E-state index is 5.70. The van der Waals surface area contributed by atoms with E-state index in [1.165, 1.54) is 4.90 Å². The predicted octanol–water partition coefficient (Wildman–Crippen LogP) is 4.96. The van der Waals surface area contributed by atoms with Gasteiger partial charge >= 0.3 is 0 Å². The molecule has 0 aliphatic heterocycles. The highest BCUT2D eigenvalue weighted by Gasteiger charge is 1.97. The predicted molar refractivity (Wildman–Crippen MR) is 72.4 cm³/mol. The average Bonchev–Trinajstić information content (AvgIpc) is 2.33. The second-order valence-corrected chi connectivity index (χ2v) is 5.03. The Morgan fingerprint density at radius 2 is 1.38 bits per heavy atom. The first-order valence-corrected chi connectivity index (χ1v) is 6.87. The molecule has 0 fully saturated rings. The van der Waals surface area contributed by atoms with Crippen LogP contribution in [0.5, 0.6) is 11.5 Å². The molecule has 2 aromatic carbocycles. The van der Waals surface area contributed by atoms with Crippen LogP contribution in [0.25, 0.3) is 0 Å². The first kappa shape index (κ1) is 11.6. The van der Waals surface area contributed by atoms with Crippen LogP contribution in [0.4, 0.5) is 0 Å². The number of thioether (sulfide) groups is 1. The molecule has 82 valence electrons. The summed E-state index contributed by atoms with van der Waals surface area (Å²) >= 11 is 5.12. The van der Waals surface area contributed by atoms with Gasteiger partial charge < -0.3 is 4.74 Å². The molecule has 0 radical (unpaired) electrons. The third-order valence-electron chi connectivity index (χ3n) is 2.11. The minimum Gasteiger partial charge on any atom is -0.457 e.